The van der Waals surface area contributed by atoms with Crippen molar-refractivity contribution in [2.24, 2.45) is 5.10 Å². The molecule has 0 spiro atoms. The van der Waals surface area contributed by atoms with E-state index in [2.05, 4.69) is 25.2 Å². The van der Waals surface area contributed by atoms with E-state index in [1.54, 1.807) is 54.5 Å². The van der Waals surface area contributed by atoms with E-state index in [0.29, 0.717) is 34.5 Å². The van der Waals surface area contributed by atoms with Gasteiger partial charge in [0.05, 0.1) is 14.2 Å². The number of amidine groups is 1. The average Bonchev–Trinajstić information content (AvgIpc) is 3.50. The van der Waals surface area contributed by atoms with Gasteiger partial charge < -0.3 is 18.6 Å². The molecule has 0 saturated carbocycles. The van der Waals surface area contributed by atoms with Crippen LogP contribution in [0.15, 0.2) is 52.2 Å². The van der Waals surface area contributed by atoms with Crippen LogP contribution in [0.5, 0.6) is 11.5 Å². The number of hydrogen-bond acceptors (Lipinski definition) is 11. The number of anilines is 1. The Bertz CT molecular complexity index is 1350. The van der Waals surface area contributed by atoms with Crippen LogP contribution in [0.25, 0.3) is 0 Å². The van der Waals surface area contributed by atoms with Crippen molar-refractivity contribution in [2.45, 2.75) is 38.4 Å². The van der Waals surface area contributed by atoms with Gasteiger partial charge in [0.2, 0.25) is 10.0 Å². The van der Waals surface area contributed by atoms with Gasteiger partial charge in [-0.05, 0) is 50.6 Å². The number of aromatic nitrogens is 2. The number of aryl methyl sites for hydroxylation is 2. The van der Waals surface area contributed by atoms with Gasteiger partial charge in [0.15, 0.2) is 23.7 Å². The monoisotopic (exact) mass is 530 g/mol. The number of methoxy groups -OCH3 is 3. The summed E-state index contributed by atoms with van der Waals surface area (Å²) < 4.78 is 52.4. The van der Waals surface area contributed by atoms with E-state index >= 15 is 0 Å². The standard InChI is InChI=1S/C24H30N6O6S/c1-14-12-25-22(26-13-14)21(35-6)16(3)37(31,32)29-24-28-27-23(19-11-10-15(2)36-19)30(24)20-17(33-4)8-7-9-18(20)34-5/h7-13,16,21,24,28-29H,1-6H3/t16-,21+,24?/m1/s1. The number of hydrogen-bond donors (Lipinski definition) is 2. The van der Waals surface area contributed by atoms with Gasteiger partial charge in [0, 0.05) is 19.5 Å². The molecule has 4 rings (SSSR count). The molecule has 12 nitrogen and oxygen atoms in total. The molecule has 1 unspecified atom stereocenters. The van der Waals surface area contributed by atoms with Gasteiger partial charge in [-0.1, -0.05) is 6.07 Å². The smallest absolute Gasteiger partial charge is 0.220 e. The molecule has 1 aliphatic heterocycles. The molecule has 3 heterocycles. The summed E-state index contributed by atoms with van der Waals surface area (Å²) in [6.07, 6.45) is 1.26. The molecular formula is C24H30N6O6S. The molecule has 3 aromatic rings. The highest BCUT2D eigenvalue weighted by atomic mass is 32.2. The Morgan fingerprint density at radius 3 is 2.24 bits per heavy atom. The second kappa shape index (κ2) is 10.7. The van der Waals surface area contributed by atoms with Crippen LogP contribution in [0, 0.1) is 13.8 Å². The zero-order valence-electron chi connectivity index (χ0n) is 21.4. The van der Waals surface area contributed by atoms with E-state index < -0.39 is 27.7 Å². The highest BCUT2D eigenvalue weighted by Crippen LogP contribution is 2.40. The minimum Gasteiger partial charge on any atom is -0.494 e. The first-order valence-corrected chi connectivity index (χ1v) is 13.0. The maximum Gasteiger partial charge on any atom is 0.220 e. The molecule has 0 aliphatic carbocycles. The minimum absolute atomic E-state index is 0.261. The van der Waals surface area contributed by atoms with Crippen molar-refractivity contribution < 1.29 is 27.0 Å². The molecule has 0 amide bonds. The Balaban J connectivity index is 1.72. The third kappa shape index (κ3) is 5.24. The summed E-state index contributed by atoms with van der Waals surface area (Å²) >= 11 is 0. The largest absolute Gasteiger partial charge is 0.494 e. The number of nitrogens with zero attached hydrogens (tertiary/aromatic N) is 4. The number of benzene rings is 1. The molecule has 0 bridgehead atoms. The minimum atomic E-state index is -4.04. The molecule has 0 radical (unpaired) electrons. The van der Waals surface area contributed by atoms with Crippen molar-refractivity contribution in [2.75, 3.05) is 26.2 Å². The Hall–Kier alpha value is -3.68. The fraction of sp³-hybridized carbons (Fsp3) is 0.375. The van der Waals surface area contributed by atoms with Gasteiger partial charge in [-0.25, -0.2) is 18.4 Å². The van der Waals surface area contributed by atoms with Crippen molar-refractivity contribution >= 4 is 21.5 Å². The second-order valence-corrected chi connectivity index (χ2v) is 10.5. The summed E-state index contributed by atoms with van der Waals surface area (Å²) in [6.45, 7) is 5.18. The first-order valence-electron chi connectivity index (χ1n) is 11.4. The van der Waals surface area contributed by atoms with Gasteiger partial charge in [-0.2, -0.15) is 9.82 Å². The number of hydrazone groups is 1. The van der Waals surface area contributed by atoms with Gasteiger partial charge in [-0.15, -0.1) is 0 Å². The molecular weight excluding hydrogens is 500 g/mol. The number of para-hydroxylation sites is 1. The van der Waals surface area contributed by atoms with Crippen LogP contribution in [0.2, 0.25) is 0 Å². The van der Waals surface area contributed by atoms with Crippen LogP contribution in [0.4, 0.5) is 5.69 Å². The van der Waals surface area contributed by atoms with Crippen LogP contribution in [0.3, 0.4) is 0 Å². The fourth-order valence-electron chi connectivity index (χ4n) is 3.95. The highest BCUT2D eigenvalue weighted by Gasteiger charge is 2.41. The second-order valence-electron chi connectivity index (χ2n) is 8.40. The van der Waals surface area contributed by atoms with Crippen molar-refractivity contribution in [1.29, 1.82) is 0 Å². The number of sulfonamides is 1. The maximum atomic E-state index is 13.6. The molecule has 1 aliphatic rings. The summed E-state index contributed by atoms with van der Waals surface area (Å²) in [5.41, 5.74) is 4.16. The normalized spacial score (nSPS) is 17.2. The van der Waals surface area contributed by atoms with Crippen LogP contribution < -0.4 is 24.5 Å². The van der Waals surface area contributed by atoms with Crippen molar-refractivity contribution in [1.82, 2.24) is 20.1 Å². The summed E-state index contributed by atoms with van der Waals surface area (Å²) in [4.78, 5) is 10.1. The summed E-state index contributed by atoms with van der Waals surface area (Å²) in [6, 6.07) is 8.79. The van der Waals surface area contributed by atoms with Gasteiger partial charge in [0.1, 0.15) is 34.3 Å². The van der Waals surface area contributed by atoms with Crippen LogP contribution in [-0.2, 0) is 14.8 Å². The van der Waals surface area contributed by atoms with Gasteiger partial charge in [-0.3, -0.25) is 10.3 Å². The lowest BCUT2D eigenvalue weighted by Crippen LogP contribution is -2.55. The summed E-state index contributed by atoms with van der Waals surface area (Å²) in [5, 5.41) is 3.33. The Morgan fingerprint density at radius 1 is 1.05 bits per heavy atom. The Kier molecular flexibility index (Phi) is 7.66. The predicted octanol–water partition coefficient (Wildman–Crippen LogP) is 2.45. The maximum absolute atomic E-state index is 13.6. The zero-order valence-corrected chi connectivity index (χ0v) is 22.2. The molecule has 0 fully saturated rings. The van der Waals surface area contributed by atoms with E-state index in [1.807, 2.05) is 6.92 Å². The number of furan rings is 1. The SMILES string of the molecule is COc1cccc(OC)c1N1C(c2ccc(C)o2)=NNC1NS(=O)(=O)[C@H](C)[C@H](OC)c1ncc(C)cn1. The van der Waals surface area contributed by atoms with Crippen LogP contribution in [0.1, 0.15) is 35.9 Å². The molecule has 2 N–H and O–H groups in total. The lowest BCUT2D eigenvalue weighted by Gasteiger charge is -2.31. The molecule has 3 atom stereocenters. The van der Waals surface area contributed by atoms with Gasteiger partial charge in [0.25, 0.3) is 0 Å². The quantitative estimate of drug-likeness (QED) is 0.402. The van der Waals surface area contributed by atoms with Crippen LogP contribution in [-0.4, -0.2) is 57.1 Å². The van der Waals surface area contributed by atoms with E-state index in [-0.39, 0.29) is 5.82 Å². The highest BCUT2D eigenvalue weighted by molar-refractivity contribution is 7.90. The number of rotatable bonds is 10. The molecule has 1 aromatic carbocycles. The summed E-state index contributed by atoms with van der Waals surface area (Å²) in [5.74, 6) is 2.58. The Labute approximate surface area is 215 Å². The lowest BCUT2D eigenvalue weighted by atomic mass is 10.2. The van der Waals surface area contributed by atoms with E-state index in [1.165, 1.54) is 28.3 Å². The molecule has 37 heavy (non-hydrogen) atoms. The molecule has 13 heteroatoms. The number of nitrogens with one attached hydrogen (secondary N) is 2. The van der Waals surface area contributed by atoms with Crippen molar-refractivity contribution in [3.8, 4) is 11.5 Å². The molecule has 198 valence electrons. The van der Waals surface area contributed by atoms with Gasteiger partial charge >= 0.3 is 0 Å². The lowest BCUT2D eigenvalue weighted by molar-refractivity contribution is 0.0944. The summed E-state index contributed by atoms with van der Waals surface area (Å²) in [7, 11) is 0.409. The molecule has 0 saturated heterocycles. The van der Waals surface area contributed by atoms with Crippen molar-refractivity contribution in [3.05, 3.63) is 65.6 Å². The zero-order chi connectivity index (χ0) is 26.7. The van der Waals surface area contributed by atoms with Crippen LogP contribution >= 0.6 is 0 Å². The van der Waals surface area contributed by atoms with E-state index in [4.69, 9.17) is 18.6 Å². The molecule has 2 aromatic heterocycles. The van der Waals surface area contributed by atoms with Crippen molar-refractivity contribution in [3.63, 3.8) is 0 Å². The first kappa shape index (κ1) is 26.4. The average molecular weight is 531 g/mol. The third-order valence-corrected chi connectivity index (χ3v) is 7.66. The third-order valence-electron chi connectivity index (χ3n) is 5.88. The fourth-order valence-corrected chi connectivity index (χ4v) is 5.19. The van der Waals surface area contributed by atoms with E-state index in [0.717, 1.165) is 5.56 Å². The first-order chi connectivity index (χ1) is 17.7. The Morgan fingerprint density at radius 2 is 1.70 bits per heavy atom. The predicted molar refractivity (Wildman–Crippen MR) is 137 cm³/mol. The van der Waals surface area contributed by atoms with E-state index in [9.17, 15) is 8.42 Å². The topological polar surface area (TPSA) is 140 Å². The number of ether oxygens (including phenoxy) is 3.